The average molecular weight is 307 g/mol. The van der Waals surface area contributed by atoms with Crippen LogP contribution >= 0.6 is 11.6 Å². The molecule has 1 aliphatic rings. The molecule has 19 heavy (non-hydrogen) atoms. The summed E-state index contributed by atoms with van der Waals surface area (Å²) < 4.78 is 25.3. The van der Waals surface area contributed by atoms with Crippen molar-refractivity contribution in [3.63, 3.8) is 0 Å². The zero-order chi connectivity index (χ0) is 14.4. The van der Waals surface area contributed by atoms with E-state index in [1.165, 1.54) is 19.1 Å². The summed E-state index contributed by atoms with van der Waals surface area (Å²) in [6.45, 7) is 1.45. The van der Waals surface area contributed by atoms with Gasteiger partial charge in [0.25, 0.3) is 5.69 Å². The molecule has 2 rings (SSSR count). The lowest BCUT2D eigenvalue weighted by Gasteiger charge is -2.42. The normalized spacial score (nSPS) is 18.9. The molecule has 0 bridgehead atoms. The second-order valence-corrected chi connectivity index (χ2v) is 6.99. The minimum Gasteiger partial charge on any atom is -0.387 e. The Labute approximate surface area is 114 Å². The number of nitrogens with zero attached hydrogens (tertiary/aromatic N) is 2. The molecule has 104 valence electrons. The molecule has 7 nitrogen and oxygen atoms in total. The molecule has 0 atom stereocenters. The minimum atomic E-state index is -3.84. The van der Waals surface area contributed by atoms with E-state index in [0.29, 0.717) is 0 Å². The number of nitro benzene ring substituents is 1. The van der Waals surface area contributed by atoms with Gasteiger partial charge in [0.2, 0.25) is 10.0 Å². The van der Waals surface area contributed by atoms with E-state index in [2.05, 4.69) is 0 Å². The Bertz CT molecular complexity index is 635. The van der Waals surface area contributed by atoms with Gasteiger partial charge >= 0.3 is 0 Å². The van der Waals surface area contributed by atoms with Crippen LogP contribution in [0.5, 0.6) is 0 Å². The molecule has 0 saturated carbocycles. The summed E-state index contributed by atoms with van der Waals surface area (Å²) in [5.41, 5.74) is -1.51. The van der Waals surface area contributed by atoms with Crippen LogP contribution in [0.1, 0.15) is 6.92 Å². The van der Waals surface area contributed by atoms with Crippen molar-refractivity contribution in [2.24, 2.45) is 0 Å². The minimum absolute atomic E-state index is 0.0360. The monoisotopic (exact) mass is 306 g/mol. The number of hydrogen-bond acceptors (Lipinski definition) is 5. The third-order valence-corrected chi connectivity index (χ3v) is 4.89. The average Bonchev–Trinajstić information content (AvgIpc) is 2.25. The summed E-state index contributed by atoms with van der Waals surface area (Å²) >= 11 is 5.62. The highest BCUT2D eigenvalue weighted by Gasteiger charge is 2.44. The molecule has 0 unspecified atom stereocenters. The molecule has 1 aromatic rings. The molecule has 0 aliphatic carbocycles. The number of nitro groups is 1. The van der Waals surface area contributed by atoms with Crippen LogP contribution in [-0.2, 0) is 10.0 Å². The second-order valence-electron chi connectivity index (χ2n) is 4.64. The number of benzene rings is 1. The van der Waals surface area contributed by atoms with Crippen LogP contribution in [0.2, 0.25) is 5.02 Å². The largest absolute Gasteiger partial charge is 0.387 e. The molecule has 0 amide bonds. The van der Waals surface area contributed by atoms with Gasteiger partial charge in [0.05, 0.1) is 15.4 Å². The van der Waals surface area contributed by atoms with Crippen molar-refractivity contribution in [2.45, 2.75) is 17.4 Å². The molecular weight excluding hydrogens is 296 g/mol. The van der Waals surface area contributed by atoms with E-state index in [9.17, 15) is 23.6 Å². The second kappa shape index (κ2) is 4.41. The van der Waals surface area contributed by atoms with E-state index in [1.54, 1.807) is 0 Å². The Morgan fingerprint density at radius 1 is 1.47 bits per heavy atom. The molecule has 0 radical (unpaired) electrons. The van der Waals surface area contributed by atoms with E-state index in [1.807, 2.05) is 0 Å². The van der Waals surface area contributed by atoms with Gasteiger partial charge in [-0.05, 0) is 19.1 Å². The molecule has 0 spiro atoms. The van der Waals surface area contributed by atoms with E-state index >= 15 is 0 Å². The smallest absolute Gasteiger partial charge is 0.289 e. The Kier molecular flexibility index (Phi) is 3.29. The number of hydrogen-bond donors (Lipinski definition) is 1. The Morgan fingerprint density at radius 3 is 2.53 bits per heavy atom. The number of aliphatic hydroxyl groups is 1. The van der Waals surface area contributed by atoms with Gasteiger partial charge in [-0.15, -0.1) is 0 Å². The first-order valence-electron chi connectivity index (χ1n) is 5.30. The Balaban J connectivity index is 2.37. The summed E-state index contributed by atoms with van der Waals surface area (Å²) in [6.07, 6.45) is 0. The van der Waals surface area contributed by atoms with Gasteiger partial charge < -0.3 is 5.11 Å². The number of sulfonamides is 1. The quantitative estimate of drug-likeness (QED) is 0.663. The Hall–Kier alpha value is -1.22. The van der Waals surface area contributed by atoms with Gasteiger partial charge in [-0.3, -0.25) is 10.1 Å². The first-order chi connectivity index (χ1) is 8.63. The van der Waals surface area contributed by atoms with E-state index in [-0.39, 0.29) is 23.0 Å². The van der Waals surface area contributed by atoms with Gasteiger partial charge in [0.1, 0.15) is 5.02 Å². The van der Waals surface area contributed by atoms with Gasteiger partial charge in [-0.1, -0.05) is 11.6 Å². The molecule has 1 N–H and O–H groups in total. The van der Waals surface area contributed by atoms with Crippen LogP contribution in [0, 0.1) is 10.1 Å². The first kappa shape index (κ1) is 14.2. The highest BCUT2D eigenvalue weighted by atomic mass is 35.5. The van der Waals surface area contributed by atoms with Crippen molar-refractivity contribution in [1.29, 1.82) is 0 Å². The first-order valence-corrected chi connectivity index (χ1v) is 7.12. The zero-order valence-corrected chi connectivity index (χ0v) is 11.5. The van der Waals surface area contributed by atoms with Crippen LogP contribution in [0.3, 0.4) is 0 Å². The summed E-state index contributed by atoms with van der Waals surface area (Å²) in [5.74, 6) is 0. The van der Waals surface area contributed by atoms with Crippen LogP contribution in [0.15, 0.2) is 23.1 Å². The predicted octanol–water partition coefficient (Wildman–Crippen LogP) is 1.00. The van der Waals surface area contributed by atoms with Crippen LogP contribution in [0.25, 0.3) is 0 Å². The van der Waals surface area contributed by atoms with Gasteiger partial charge in [-0.2, -0.15) is 4.31 Å². The predicted molar refractivity (Wildman–Crippen MR) is 67.5 cm³/mol. The van der Waals surface area contributed by atoms with Crippen molar-refractivity contribution in [3.05, 3.63) is 33.3 Å². The van der Waals surface area contributed by atoms with Crippen molar-refractivity contribution in [1.82, 2.24) is 4.31 Å². The molecule has 1 fully saturated rings. The molecule has 9 heteroatoms. The fourth-order valence-electron chi connectivity index (χ4n) is 1.83. The maximum Gasteiger partial charge on any atom is 0.289 e. The van der Waals surface area contributed by atoms with Crippen LogP contribution in [0.4, 0.5) is 5.69 Å². The lowest BCUT2D eigenvalue weighted by molar-refractivity contribution is -0.384. The summed E-state index contributed by atoms with van der Waals surface area (Å²) in [5, 5.41) is 20.2. The topological polar surface area (TPSA) is 101 Å². The van der Waals surface area contributed by atoms with E-state index in [4.69, 9.17) is 11.6 Å². The SMILES string of the molecule is CC1(O)CN(S(=O)(=O)c2ccc(Cl)c([N+](=O)[O-])c2)C1. The fraction of sp³-hybridized carbons (Fsp3) is 0.400. The van der Waals surface area contributed by atoms with Crippen molar-refractivity contribution in [2.75, 3.05) is 13.1 Å². The van der Waals surface area contributed by atoms with Gasteiger partial charge in [0, 0.05) is 19.2 Å². The molecular formula is C10H11ClN2O5S. The van der Waals surface area contributed by atoms with Gasteiger partial charge in [-0.25, -0.2) is 8.42 Å². The lowest BCUT2D eigenvalue weighted by atomic mass is 10.0. The van der Waals surface area contributed by atoms with Crippen LogP contribution < -0.4 is 0 Å². The Morgan fingerprint density at radius 2 is 2.05 bits per heavy atom. The number of β-amino-alcohol motifs (C(OH)–C–C–N with tert-alkyl or cyclic N) is 1. The third kappa shape index (κ3) is 2.57. The maximum absolute atomic E-state index is 12.1. The number of rotatable bonds is 3. The lowest BCUT2D eigenvalue weighted by Crippen LogP contribution is -2.61. The summed E-state index contributed by atoms with van der Waals surface area (Å²) in [6, 6.07) is 3.30. The maximum atomic E-state index is 12.1. The van der Waals surface area contributed by atoms with E-state index in [0.717, 1.165) is 10.4 Å². The van der Waals surface area contributed by atoms with Crippen molar-refractivity contribution in [3.8, 4) is 0 Å². The zero-order valence-electron chi connectivity index (χ0n) is 9.91. The van der Waals surface area contributed by atoms with Gasteiger partial charge in [0.15, 0.2) is 0 Å². The van der Waals surface area contributed by atoms with E-state index < -0.39 is 26.2 Å². The fourth-order valence-corrected chi connectivity index (χ4v) is 3.71. The highest BCUT2D eigenvalue weighted by molar-refractivity contribution is 7.89. The summed E-state index contributed by atoms with van der Waals surface area (Å²) in [4.78, 5) is 9.78. The molecule has 0 aromatic heterocycles. The number of halogens is 1. The van der Waals surface area contributed by atoms with Crippen molar-refractivity contribution >= 4 is 27.3 Å². The third-order valence-electron chi connectivity index (χ3n) is 2.79. The molecule has 1 aliphatic heterocycles. The van der Waals surface area contributed by atoms with Crippen LogP contribution in [-0.4, -0.2) is 41.4 Å². The molecule has 1 aromatic carbocycles. The highest BCUT2D eigenvalue weighted by Crippen LogP contribution is 2.32. The molecule has 1 heterocycles. The standard InChI is InChI=1S/C10H11ClN2O5S/c1-10(14)5-12(6-10)19(17,18)7-2-3-8(11)9(4-7)13(15)16/h2-4,14H,5-6H2,1H3. The molecule has 1 saturated heterocycles. The van der Waals surface area contributed by atoms with Crippen molar-refractivity contribution < 1.29 is 18.4 Å². The summed E-state index contributed by atoms with van der Waals surface area (Å²) in [7, 11) is -3.84.